The molecule has 2 rings (SSSR count). The second-order valence-electron chi connectivity index (χ2n) is 7.19. The summed E-state index contributed by atoms with van der Waals surface area (Å²) in [6.07, 6.45) is -0.551. The van der Waals surface area contributed by atoms with Crippen molar-refractivity contribution in [3.63, 3.8) is 0 Å². The highest BCUT2D eigenvalue weighted by atomic mass is 16.6. The first-order valence-electron chi connectivity index (χ1n) is 8.77. The molecule has 0 aliphatic rings. The lowest BCUT2D eigenvalue weighted by molar-refractivity contribution is -0.151. The molecule has 0 fully saturated rings. The Morgan fingerprint density at radius 3 is 2.00 bits per heavy atom. The summed E-state index contributed by atoms with van der Waals surface area (Å²) in [4.78, 5) is 25.0. The Kier molecular flexibility index (Phi) is 6.96. The van der Waals surface area contributed by atoms with Gasteiger partial charge in [0.25, 0.3) is 0 Å². The second kappa shape index (κ2) is 9.19. The summed E-state index contributed by atoms with van der Waals surface area (Å²) >= 11 is 0. The zero-order chi connectivity index (χ0) is 19.9. The number of hydrazine groups is 1. The standard InChI is InChI=1S/C21H26N2O4/c1-21(2,3)27-20(25)23(22)18(14-16-10-6-4-7-11-16)19(24)26-15-17-12-8-5-9-13-17/h4-13,18H,14-15,22H2,1-3H3. The van der Waals surface area contributed by atoms with Crippen LogP contribution in [0.25, 0.3) is 0 Å². The molecule has 1 atom stereocenters. The van der Waals surface area contributed by atoms with E-state index in [0.717, 1.165) is 16.1 Å². The first kappa shape index (κ1) is 20.5. The topological polar surface area (TPSA) is 81.9 Å². The van der Waals surface area contributed by atoms with Gasteiger partial charge in [0, 0.05) is 6.42 Å². The van der Waals surface area contributed by atoms with E-state index in [0.29, 0.717) is 0 Å². The summed E-state index contributed by atoms with van der Waals surface area (Å²) in [7, 11) is 0. The molecule has 0 aromatic heterocycles. The molecule has 0 aliphatic carbocycles. The zero-order valence-corrected chi connectivity index (χ0v) is 15.9. The van der Waals surface area contributed by atoms with Crippen molar-refractivity contribution in [1.29, 1.82) is 0 Å². The number of carbonyl (C=O) groups excluding carboxylic acids is 2. The van der Waals surface area contributed by atoms with Crippen LogP contribution in [0, 0.1) is 0 Å². The molecular weight excluding hydrogens is 344 g/mol. The molecule has 6 heteroatoms. The van der Waals surface area contributed by atoms with E-state index in [-0.39, 0.29) is 13.0 Å². The Labute approximate surface area is 159 Å². The van der Waals surface area contributed by atoms with Gasteiger partial charge in [0.05, 0.1) is 0 Å². The number of ether oxygens (including phenoxy) is 2. The summed E-state index contributed by atoms with van der Waals surface area (Å²) in [6, 6.07) is 17.6. The molecule has 0 radical (unpaired) electrons. The zero-order valence-electron chi connectivity index (χ0n) is 15.9. The van der Waals surface area contributed by atoms with Crippen LogP contribution in [0.3, 0.4) is 0 Å². The van der Waals surface area contributed by atoms with Gasteiger partial charge in [-0.05, 0) is 31.9 Å². The summed E-state index contributed by atoms with van der Waals surface area (Å²) in [5, 5.41) is 0.811. The van der Waals surface area contributed by atoms with Crippen LogP contribution in [0.5, 0.6) is 0 Å². The smallest absolute Gasteiger partial charge is 0.425 e. The van der Waals surface area contributed by atoms with E-state index in [1.807, 2.05) is 60.7 Å². The molecule has 0 aliphatic heterocycles. The van der Waals surface area contributed by atoms with Crippen molar-refractivity contribution >= 4 is 12.1 Å². The molecule has 2 aromatic carbocycles. The van der Waals surface area contributed by atoms with Crippen molar-refractivity contribution in [3.05, 3.63) is 71.8 Å². The first-order chi connectivity index (χ1) is 12.8. The lowest BCUT2D eigenvalue weighted by Gasteiger charge is -2.29. The maximum atomic E-state index is 12.7. The number of esters is 1. The van der Waals surface area contributed by atoms with Gasteiger partial charge >= 0.3 is 12.1 Å². The number of hydrogen-bond acceptors (Lipinski definition) is 5. The van der Waals surface area contributed by atoms with Gasteiger partial charge in [0.2, 0.25) is 0 Å². The van der Waals surface area contributed by atoms with Crippen LogP contribution in [0.1, 0.15) is 31.9 Å². The molecule has 27 heavy (non-hydrogen) atoms. The van der Waals surface area contributed by atoms with Gasteiger partial charge in [-0.15, -0.1) is 0 Å². The third kappa shape index (κ3) is 6.75. The minimum Gasteiger partial charge on any atom is -0.459 e. The highest BCUT2D eigenvalue weighted by Gasteiger charge is 2.32. The molecule has 6 nitrogen and oxygen atoms in total. The van der Waals surface area contributed by atoms with Crippen LogP contribution in [0.2, 0.25) is 0 Å². The number of nitrogens with two attached hydrogens (primary N) is 1. The summed E-state index contributed by atoms with van der Waals surface area (Å²) in [6.45, 7) is 5.31. The molecule has 0 saturated carbocycles. The van der Waals surface area contributed by atoms with Gasteiger partial charge in [-0.1, -0.05) is 60.7 Å². The molecule has 0 spiro atoms. The number of amides is 1. The van der Waals surface area contributed by atoms with E-state index in [9.17, 15) is 9.59 Å². The van der Waals surface area contributed by atoms with Gasteiger partial charge in [-0.3, -0.25) is 0 Å². The van der Waals surface area contributed by atoms with Gasteiger partial charge in [0.1, 0.15) is 12.2 Å². The molecule has 1 unspecified atom stereocenters. The monoisotopic (exact) mass is 370 g/mol. The SMILES string of the molecule is CC(C)(C)OC(=O)N(N)C(Cc1ccccc1)C(=O)OCc1ccccc1. The van der Waals surface area contributed by atoms with Crippen LogP contribution < -0.4 is 5.84 Å². The van der Waals surface area contributed by atoms with E-state index >= 15 is 0 Å². The van der Waals surface area contributed by atoms with E-state index in [4.69, 9.17) is 15.3 Å². The van der Waals surface area contributed by atoms with Crippen LogP contribution >= 0.6 is 0 Å². The normalized spacial score (nSPS) is 12.1. The molecule has 2 N–H and O–H groups in total. The number of nitrogens with zero attached hydrogens (tertiary/aromatic N) is 1. The molecular formula is C21H26N2O4. The van der Waals surface area contributed by atoms with Crippen molar-refractivity contribution in [2.75, 3.05) is 0 Å². The predicted octanol–water partition coefficient (Wildman–Crippen LogP) is 3.45. The Morgan fingerprint density at radius 1 is 0.963 bits per heavy atom. The Hall–Kier alpha value is -2.86. The summed E-state index contributed by atoms with van der Waals surface area (Å²) in [5.74, 6) is 5.36. The molecule has 0 bridgehead atoms. The molecule has 1 amide bonds. The van der Waals surface area contributed by atoms with Crippen molar-refractivity contribution in [3.8, 4) is 0 Å². The predicted molar refractivity (Wildman–Crippen MR) is 102 cm³/mol. The van der Waals surface area contributed by atoms with Crippen molar-refractivity contribution in [1.82, 2.24) is 5.01 Å². The maximum absolute atomic E-state index is 12.7. The number of rotatable bonds is 6. The highest BCUT2D eigenvalue weighted by molar-refractivity contribution is 5.81. The molecule has 2 aromatic rings. The molecule has 0 saturated heterocycles. The first-order valence-corrected chi connectivity index (χ1v) is 8.77. The Morgan fingerprint density at radius 2 is 1.48 bits per heavy atom. The number of carbonyl (C=O) groups is 2. The third-order valence-electron chi connectivity index (χ3n) is 3.71. The van der Waals surface area contributed by atoms with Crippen LogP contribution in [0.4, 0.5) is 4.79 Å². The Bertz CT molecular complexity index is 742. The van der Waals surface area contributed by atoms with E-state index in [1.54, 1.807) is 20.8 Å². The van der Waals surface area contributed by atoms with Gasteiger partial charge < -0.3 is 9.47 Å². The third-order valence-corrected chi connectivity index (χ3v) is 3.71. The van der Waals surface area contributed by atoms with Crippen molar-refractivity contribution in [2.24, 2.45) is 5.84 Å². The van der Waals surface area contributed by atoms with E-state index < -0.39 is 23.7 Å². The number of benzene rings is 2. The Balaban J connectivity index is 2.12. The van der Waals surface area contributed by atoms with Gasteiger partial charge in [-0.25, -0.2) is 20.4 Å². The summed E-state index contributed by atoms with van der Waals surface area (Å²) < 4.78 is 10.7. The minimum absolute atomic E-state index is 0.104. The van der Waals surface area contributed by atoms with Crippen LogP contribution in [-0.2, 0) is 27.3 Å². The molecule has 144 valence electrons. The average Bonchev–Trinajstić information content (AvgIpc) is 2.64. The quantitative estimate of drug-likeness (QED) is 0.364. The highest BCUT2D eigenvalue weighted by Crippen LogP contribution is 2.14. The molecule has 0 heterocycles. The van der Waals surface area contributed by atoms with Gasteiger partial charge in [0.15, 0.2) is 6.04 Å². The van der Waals surface area contributed by atoms with Crippen LogP contribution in [0.15, 0.2) is 60.7 Å². The maximum Gasteiger partial charge on any atom is 0.425 e. The van der Waals surface area contributed by atoms with Crippen molar-refractivity contribution < 1.29 is 19.1 Å². The lowest BCUT2D eigenvalue weighted by Crippen LogP contribution is -2.52. The fraction of sp³-hybridized carbons (Fsp3) is 0.333. The number of hydrogen-bond donors (Lipinski definition) is 1. The fourth-order valence-electron chi connectivity index (χ4n) is 2.40. The van der Waals surface area contributed by atoms with E-state index in [2.05, 4.69) is 0 Å². The average molecular weight is 370 g/mol. The lowest BCUT2D eigenvalue weighted by atomic mass is 10.1. The minimum atomic E-state index is -0.994. The second-order valence-corrected chi connectivity index (χ2v) is 7.19. The van der Waals surface area contributed by atoms with Gasteiger partial charge in [-0.2, -0.15) is 0 Å². The van der Waals surface area contributed by atoms with E-state index in [1.165, 1.54) is 0 Å². The fourth-order valence-corrected chi connectivity index (χ4v) is 2.40. The summed E-state index contributed by atoms with van der Waals surface area (Å²) in [5.41, 5.74) is 0.989. The van der Waals surface area contributed by atoms with Crippen molar-refractivity contribution in [2.45, 2.75) is 45.4 Å². The largest absolute Gasteiger partial charge is 0.459 e. The van der Waals surface area contributed by atoms with Crippen LogP contribution in [-0.4, -0.2) is 28.7 Å².